The summed E-state index contributed by atoms with van der Waals surface area (Å²) < 4.78 is 29.4. The number of aryl methyl sites for hydroxylation is 1. The van der Waals surface area contributed by atoms with E-state index in [0.29, 0.717) is 21.8 Å². The highest BCUT2D eigenvalue weighted by Gasteiger charge is 2.54. The van der Waals surface area contributed by atoms with E-state index in [0.717, 1.165) is 6.07 Å². The van der Waals surface area contributed by atoms with Crippen LogP contribution in [-0.2, 0) is 28.8 Å². The maximum absolute atomic E-state index is 16.2. The van der Waals surface area contributed by atoms with Crippen molar-refractivity contribution < 1.29 is 23.5 Å². The minimum absolute atomic E-state index is 0.0111. The van der Waals surface area contributed by atoms with Crippen molar-refractivity contribution in [2.45, 2.75) is 12.3 Å². The normalized spacial score (nSPS) is 16.2. The molecule has 2 aromatic carbocycles. The van der Waals surface area contributed by atoms with Crippen molar-refractivity contribution in [3.05, 3.63) is 117 Å². The summed E-state index contributed by atoms with van der Waals surface area (Å²) in [4.78, 5) is 37.0. The number of nitriles is 1. The molecule has 1 amide bonds. The first-order valence-electron chi connectivity index (χ1n) is 12.2. The summed E-state index contributed by atoms with van der Waals surface area (Å²) in [5, 5.41) is 9.60. The second-order valence-electron chi connectivity index (χ2n) is 9.17. The van der Waals surface area contributed by atoms with Gasteiger partial charge in [0.15, 0.2) is 5.72 Å². The van der Waals surface area contributed by atoms with Crippen molar-refractivity contribution in [1.29, 1.82) is 5.26 Å². The number of ether oxygens (including phenoxy) is 2. The Morgan fingerprint density at radius 3 is 2.55 bits per heavy atom. The van der Waals surface area contributed by atoms with Gasteiger partial charge in [0.2, 0.25) is 5.78 Å². The van der Waals surface area contributed by atoms with Crippen LogP contribution >= 0.6 is 11.6 Å². The molecule has 202 valence electrons. The Morgan fingerprint density at radius 2 is 1.93 bits per heavy atom. The Bertz CT molecular complexity index is 1630. The molecule has 3 heterocycles. The van der Waals surface area contributed by atoms with E-state index in [2.05, 4.69) is 9.97 Å². The van der Waals surface area contributed by atoms with Gasteiger partial charge in [0.1, 0.15) is 17.6 Å². The first-order valence-corrected chi connectivity index (χ1v) is 12.6. The van der Waals surface area contributed by atoms with Crippen LogP contribution in [0.4, 0.5) is 4.39 Å². The van der Waals surface area contributed by atoms with Crippen molar-refractivity contribution in [2.75, 3.05) is 20.3 Å². The van der Waals surface area contributed by atoms with E-state index in [9.17, 15) is 9.59 Å². The van der Waals surface area contributed by atoms with Crippen LogP contribution in [0.2, 0.25) is 5.02 Å². The number of ketones is 1. The van der Waals surface area contributed by atoms with Gasteiger partial charge in [-0.15, -0.1) is 0 Å². The number of pyridine rings is 1. The molecule has 1 aliphatic heterocycles. The summed E-state index contributed by atoms with van der Waals surface area (Å²) in [5.74, 6) is -1.89. The molecule has 0 bridgehead atoms. The molecule has 0 saturated carbocycles. The number of halogens is 2. The summed E-state index contributed by atoms with van der Waals surface area (Å²) in [6.07, 6.45) is 4.37. The molecule has 4 aromatic rings. The molecule has 0 N–H and O–H groups in total. The van der Waals surface area contributed by atoms with Crippen molar-refractivity contribution >= 4 is 23.3 Å². The van der Waals surface area contributed by atoms with Crippen LogP contribution in [-0.4, -0.2) is 51.4 Å². The van der Waals surface area contributed by atoms with Crippen LogP contribution in [0.15, 0.2) is 67.3 Å². The molecule has 0 fully saturated rings. The quantitative estimate of drug-likeness (QED) is 0.223. The van der Waals surface area contributed by atoms with Crippen LogP contribution in [0.3, 0.4) is 0 Å². The predicted octanol–water partition coefficient (Wildman–Crippen LogP) is 4.23. The third-order valence-corrected chi connectivity index (χ3v) is 6.84. The molecule has 0 radical (unpaired) electrons. The number of fused-ring (bicyclic) bond motifs is 1. The summed E-state index contributed by atoms with van der Waals surface area (Å²) in [7, 11) is 3.21. The summed E-state index contributed by atoms with van der Waals surface area (Å²) >= 11 is 6.16. The van der Waals surface area contributed by atoms with E-state index in [-0.39, 0.29) is 42.1 Å². The average molecular weight is 560 g/mol. The molecule has 0 aliphatic carbocycles. The zero-order chi connectivity index (χ0) is 28.4. The SMILES string of the molecule is COCCO[C@]1(c2ccc(Cl)cc2)c2c(F)cc(C(=O)c3cn(C)cn3)cc2C(=O)N1Cc1ccc(C#N)cn1. The smallest absolute Gasteiger partial charge is 0.257 e. The highest BCUT2D eigenvalue weighted by Crippen LogP contribution is 2.48. The third-order valence-electron chi connectivity index (χ3n) is 6.59. The molecule has 0 saturated heterocycles. The van der Waals surface area contributed by atoms with E-state index in [1.807, 2.05) is 6.07 Å². The lowest BCUT2D eigenvalue weighted by atomic mass is 9.91. The van der Waals surface area contributed by atoms with Gasteiger partial charge in [0.25, 0.3) is 5.91 Å². The van der Waals surface area contributed by atoms with Gasteiger partial charge in [-0.05, 0) is 36.4 Å². The summed E-state index contributed by atoms with van der Waals surface area (Å²) in [5.41, 5.74) is -0.474. The first-order chi connectivity index (χ1) is 19.3. The zero-order valence-electron chi connectivity index (χ0n) is 21.6. The highest BCUT2D eigenvalue weighted by atomic mass is 35.5. The van der Waals surface area contributed by atoms with Gasteiger partial charge in [-0.1, -0.05) is 23.7 Å². The number of carbonyl (C=O) groups excluding carboxylic acids is 2. The van der Waals surface area contributed by atoms with Gasteiger partial charge >= 0.3 is 0 Å². The predicted molar refractivity (Wildman–Crippen MR) is 142 cm³/mol. The Hall–Kier alpha value is -4.43. The first kappa shape index (κ1) is 27.1. The standard InChI is InChI=1S/C29H23ClFN5O4/c1-35-16-25(34-17-35)27(37)19-11-23-26(24(31)12-19)29(40-10-9-39-2,20-4-6-21(30)7-5-20)36(28(23)38)15-22-8-3-18(13-32)14-33-22/h3-8,11-12,14,16-17H,9-10,15H2,1-2H3/t29-/m1/s1. The van der Waals surface area contributed by atoms with E-state index >= 15 is 4.39 Å². The van der Waals surface area contributed by atoms with Crippen LogP contribution < -0.4 is 0 Å². The molecule has 40 heavy (non-hydrogen) atoms. The highest BCUT2D eigenvalue weighted by molar-refractivity contribution is 6.30. The Labute approximate surface area is 234 Å². The molecule has 0 unspecified atom stereocenters. The fraction of sp³-hybridized carbons (Fsp3) is 0.207. The fourth-order valence-corrected chi connectivity index (χ4v) is 4.89. The number of rotatable bonds is 9. The number of hydrogen-bond acceptors (Lipinski definition) is 7. The van der Waals surface area contributed by atoms with Crippen molar-refractivity contribution in [3.8, 4) is 6.07 Å². The molecule has 0 spiro atoms. The number of methoxy groups -OCH3 is 1. The Morgan fingerprint density at radius 1 is 1.15 bits per heavy atom. The molecule has 2 aromatic heterocycles. The average Bonchev–Trinajstić information content (AvgIpc) is 3.49. The maximum Gasteiger partial charge on any atom is 0.257 e. The zero-order valence-corrected chi connectivity index (χ0v) is 22.4. The van der Waals surface area contributed by atoms with Crippen molar-refractivity contribution in [1.82, 2.24) is 19.4 Å². The van der Waals surface area contributed by atoms with Crippen LogP contribution in [0.1, 0.15) is 48.8 Å². The van der Waals surface area contributed by atoms with Crippen molar-refractivity contribution in [2.24, 2.45) is 7.05 Å². The molecule has 9 nitrogen and oxygen atoms in total. The molecule has 1 atom stereocenters. The molecule has 11 heteroatoms. The Kier molecular flexibility index (Phi) is 7.45. The number of nitrogens with zero attached hydrogens (tertiary/aromatic N) is 5. The van der Waals surface area contributed by atoms with Gasteiger partial charge in [-0.25, -0.2) is 9.37 Å². The number of aromatic nitrogens is 3. The lowest BCUT2D eigenvalue weighted by Gasteiger charge is -2.39. The van der Waals surface area contributed by atoms with Crippen molar-refractivity contribution in [3.63, 3.8) is 0 Å². The maximum atomic E-state index is 16.2. The van der Waals surface area contributed by atoms with Gasteiger partial charge in [-0.3, -0.25) is 19.5 Å². The number of benzene rings is 2. The molecule has 5 rings (SSSR count). The number of carbonyl (C=O) groups is 2. The van der Waals surface area contributed by atoms with Gasteiger partial charge in [0, 0.05) is 42.7 Å². The molecular weight excluding hydrogens is 537 g/mol. The van der Waals surface area contributed by atoms with E-state index in [4.69, 9.17) is 26.3 Å². The number of amides is 1. The number of imidazole rings is 1. The lowest BCUT2D eigenvalue weighted by molar-refractivity contribution is -0.123. The largest absolute Gasteiger partial charge is 0.382 e. The minimum Gasteiger partial charge on any atom is -0.382 e. The monoisotopic (exact) mass is 559 g/mol. The molecular formula is C29H23ClFN5O4. The number of hydrogen-bond donors (Lipinski definition) is 0. The summed E-state index contributed by atoms with van der Waals surface area (Å²) in [6.45, 7) is 0.0919. The topological polar surface area (TPSA) is 110 Å². The lowest BCUT2D eigenvalue weighted by Crippen LogP contribution is -2.47. The van der Waals surface area contributed by atoms with Crippen LogP contribution in [0.5, 0.6) is 0 Å². The van der Waals surface area contributed by atoms with Crippen LogP contribution in [0, 0.1) is 17.1 Å². The Balaban J connectivity index is 1.71. The van der Waals surface area contributed by atoms with Crippen LogP contribution in [0.25, 0.3) is 0 Å². The van der Waals surface area contributed by atoms with Gasteiger partial charge in [-0.2, -0.15) is 5.26 Å². The second kappa shape index (κ2) is 11.0. The molecule has 1 aliphatic rings. The van der Waals surface area contributed by atoms with E-state index in [1.54, 1.807) is 48.0 Å². The van der Waals surface area contributed by atoms with Gasteiger partial charge < -0.3 is 14.0 Å². The minimum atomic E-state index is -1.73. The fourth-order valence-electron chi connectivity index (χ4n) is 4.76. The van der Waals surface area contributed by atoms with E-state index in [1.165, 1.54) is 36.8 Å². The third kappa shape index (κ3) is 4.75. The van der Waals surface area contributed by atoms with Gasteiger partial charge in [0.05, 0.1) is 48.5 Å². The summed E-state index contributed by atoms with van der Waals surface area (Å²) in [6, 6.07) is 14.2. The second-order valence-corrected chi connectivity index (χ2v) is 9.60. The van der Waals surface area contributed by atoms with E-state index < -0.39 is 23.2 Å².